The van der Waals surface area contributed by atoms with Crippen molar-refractivity contribution in [1.82, 2.24) is 4.57 Å². The normalized spacial score (nSPS) is 11.1. The van der Waals surface area contributed by atoms with Crippen molar-refractivity contribution in [1.29, 1.82) is 0 Å². The minimum atomic E-state index is -0.225. The molecule has 4 heteroatoms. The Kier molecular flexibility index (Phi) is 3.46. The molecule has 0 aliphatic carbocycles. The Balaban J connectivity index is 2.04. The van der Waals surface area contributed by atoms with Crippen LogP contribution in [-0.2, 0) is 6.54 Å². The lowest BCUT2D eigenvalue weighted by Crippen LogP contribution is -1.99. The molecule has 0 amide bonds. The largest absolute Gasteiger partial charge is 0.343 e. The van der Waals surface area contributed by atoms with E-state index in [2.05, 4.69) is 54.6 Å². The molecule has 0 aliphatic heterocycles. The topological polar surface area (TPSA) is 4.93 Å². The fraction of sp³-hybridized carbons (Fsp3) is 0.0667. The van der Waals surface area contributed by atoms with Crippen LogP contribution in [0.3, 0.4) is 0 Å². The van der Waals surface area contributed by atoms with Gasteiger partial charge in [0.1, 0.15) is 5.82 Å². The van der Waals surface area contributed by atoms with Crippen molar-refractivity contribution in [3.8, 4) is 0 Å². The average molecular weight is 383 g/mol. The Labute approximate surface area is 127 Å². The summed E-state index contributed by atoms with van der Waals surface area (Å²) in [7, 11) is 0. The molecule has 0 fully saturated rings. The molecule has 0 aliphatic rings. The summed E-state index contributed by atoms with van der Waals surface area (Å²) in [6.07, 6.45) is 2.02. The van der Waals surface area contributed by atoms with Gasteiger partial charge in [-0.25, -0.2) is 4.39 Å². The molecule has 1 heterocycles. The maximum atomic E-state index is 13.5. The third kappa shape index (κ3) is 2.47. The molecule has 0 radical (unpaired) electrons. The van der Waals surface area contributed by atoms with Crippen LogP contribution in [0.5, 0.6) is 0 Å². The van der Waals surface area contributed by atoms with E-state index in [1.54, 1.807) is 6.07 Å². The first kappa shape index (κ1) is 12.9. The summed E-state index contributed by atoms with van der Waals surface area (Å²) in [5, 5.41) is 1.17. The van der Waals surface area contributed by atoms with Crippen LogP contribution in [0.15, 0.2) is 57.6 Å². The fourth-order valence-electron chi connectivity index (χ4n) is 2.16. The third-order valence-electron chi connectivity index (χ3n) is 3.11. The second kappa shape index (κ2) is 5.10. The molecule has 0 N–H and O–H groups in total. The molecule has 2 aromatic carbocycles. The minimum Gasteiger partial charge on any atom is -0.343 e. The van der Waals surface area contributed by atoms with Crippen LogP contribution in [0, 0.1) is 5.82 Å². The number of fused-ring (bicyclic) bond motifs is 1. The van der Waals surface area contributed by atoms with E-state index in [-0.39, 0.29) is 5.82 Å². The SMILES string of the molecule is Fc1cccc(Cn2ccc3cc(Br)ccc32)c1Br. The van der Waals surface area contributed by atoms with Gasteiger partial charge in [0.05, 0.1) is 4.47 Å². The fourth-order valence-corrected chi connectivity index (χ4v) is 2.93. The summed E-state index contributed by atoms with van der Waals surface area (Å²) in [4.78, 5) is 0. The van der Waals surface area contributed by atoms with Gasteiger partial charge in [-0.1, -0.05) is 28.1 Å². The Morgan fingerprint density at radius 3 is 2.74 bits per heavy atom. The van der Waals surface area contributed by atoms with Gasteiger partial charge in [0.25, 0.3) is 0 Å². The molecule has 1 aromatic heterocycles. The van der Waals surface area contributed by atoms with E-state index in [0.29, 0.717) is 11.0 Å². The number of hydrogen-bond acceptors (Lipinski definition) is 0. The van der Waals surface area contributed by atoms with Crippen LogP contribution >= 0.6 is 31.9 Å². The van der Waals surface area contributed by atoms with Gasteiger partial charge in [-0.3, -0.25) is 0 Å². The van der Waals surface area contributed by atoms with Crippen molar-refractivity contribution >= 4 is 42.8 Å². The highest BCUT2D eigenvalue weighted by molar-refractivity contribution is 9.10. The average Bonchev–Trinajstić information content (AvgIpc) is 2.77. The van der Waals surface area contributed by atoms with Crippen molar-refractivity contribution in [3.05, 3.63) is 69.0 Å². The molecule has 1 nitrogen and oxygen atoms in total. The van der Waals surface area contributed by atoms with E-state index in [4.69, 9.17) is 0 Å². The van der Waals surface area contributed by atoms with E-state index >= 15 is 0 Å². The second-order valence-electron chi connectivity index (χ2n) is 4.36. The van der Waals surface area contributed by atoms with Crippen molar-refractivity contribution in [2.45, 2.75) is 6.54 Å². The number of rotatable bonds is 2. The first-order chi connectivity index (χ1) is 9.15. The Morgan fingerprint density at radius 1 is 1.05 bits per heavy atom. The summed E-state index contributed by atoms with van der Waals surface area (Å²) in [6, 6.07) is 13.3. The van der Waals surface area contributed by atoms with Crippen LogP contribution in [0.1, 0.15) is 5.56 Å². The maximum Gasteiger partial charge on any atom is 0.137 e. The van der Waals surface area contributed by atoms with E-state index in [0.717, 1.165) is 15.6 Å². The predicted octanol–water partition coefficient (Wildman–Crippen LogP) is 5.35. The van der Waals surface area contributed by atoms with Crippen LogP contribution in [0.4, 0.5) is 4.39 Å². The number of nitrogens with zero attached hydrogens (tertiary/aromatic N) is 1. The quantitative estimate of drug-likeness (QED) is 0.562. The van der Waals surface area contributed by atoms with Gasteiger partial charge >= 0.3 is 0 Å². The molecule has 0 atom stereocenters. The Bertz CT molecular complexity index is 749. The lowest BCUT2D eigenvalue weighted by Gasteiger charge is -2.08. The monoisotopic (exact) mass is 381 g/mol. The third-order valence-corrected chi connectivity index (χ3v) is 4.49. The highest BCUT2D eigenvalue weighted by Gasteiger charge is 2.07. The van der Waals surface area contributed by atoms with Crippen molar-refractivity contribution in [2.75, 3.05) is 0 Å². The van der Waals surface area contributed by atoms with Crippen molar-refractivity contribution < 1.29 is 4.39 Å². The second-order valence-corrected chi connectivity index (χ2v) is 6.07. The molecular formula is C15H10Br2FN. The Hall–Kier alpha value is -1.13. The van der Waals surface area contributed by atoms with E-state index in [1.807, 2.05) is 18.3 Å². The lowest BCUT2D eigenvalue weighted by molar-refractivity contribution is 0.616. The van der Waals surface area contributed by atoms with Gasteiger partial charge in [0, 0.05) is 28.1 Å². The van der Waals surface area contributed by atoms with Gasteiger partial charge in [-0.05, 0) is 51.8 Å². The number of hydrogen-bond donors (Lipinski definition) is 0. The predicted molar refractivity (Wildman–Crippen MR) is 82.8 cm³/mol. The first-order valence-electron chi connectivity index (χ1n) is 5.82. The maximum absolute atomic E-state index is 13.5. The summed E-state index contributed by atoms with van der Waals surface area (Å²) >= 11 is 6.77. The lowest BCUT2D eigenvalue weighted by atomic mass is 10.2. The van der Waals surface area contributed by atoms with Crippen LogP contribution in [0.25, 0.3) is 10.9 Å². The molecular weight excluding hydrogens is 373 g/mol. The van der Waals surface area contributed by atoms with Gasteiger partial charge in [-0.2, -0.15) is 0 Å². The molecule has 19 heavy (non-hydrogen) atoms. The Morgan fingerprint density at radius 2 is 1.89 bits per heavy atom. The zero-order valence-electron chi connectivity index (χ0n) is 9.91. The summed E-state index contributed by atoms with van der Waals surface area (Å²) in [6.45, 7) is 0.642. The number of benzene rings is 2. The molecule has 0 bridgehead atoms. The van der Waals surface area contributed by atoms with E-state index in [1.165, 1.54) is 11.5 Å². The van der Waals surface area contributed by atoms with E-state index < -0.39 is 0 Å². The standard InChI is InChI=1S/C15H10Br2FN/c16-12-4-5-14-10(8-12)6-7-19(14)9-11-2-1-3-13(18)15(11)17/h1-8H,9H2. The molecule has 0 saturated heterocycles. The van der Waals surface area contributed by atoms with Gasteiger partial charge in [0.15, 0.2) is 0 Å². The van der Waals surface area contributed by atoms with Crippen molar-refractivity contribution in [2.24, 2.45) is 0 Å². The van der Waals surface area contributed by atoms with Crippen LogP contribution < -0.4 is 0 Å². The molecule has 0 saturated carbocycles. The molecule has 96 valence electrons. The highest BCUT2D eigenvalue weighted by Crippen LogP contribution is 2.25. The minimum absolute atomic E-state index is 0.225. The summed E-state index contributed by atoms with van der Waals surface area (Å²) in [5.41, 5.74) is 2.07. The highest BCUT2D eigenvalue weighted by atomic mass is 79.9. The van der Waals surface area contributed by atoms with Gasteiger partial charge < -0.3 is 4.57 Å². The molecule has 0 unspecified atom stereocenters. The van der Waals surface area contributed by atoms with E-state index in [9.17, 15) is 4.39 Å². The number of aromatic nitrogens is 1. The molecule has 0 spiro atoms. The van der Waals surface area contributed by atoms with Crippen LogP contribution in [-0.4, -0.2) is 4.57 Å². The first-order valence-corrected chi connectivity index (χ1v) is 7.41. The zero-order chi connectivity index (χ0) is 13.4. The van der Waals surface area contributed by atoms with Crippen molar-refractivity contribution in [3.63, 3.8) is 0 Å². The molecule has 3 rings (SSSR count). The summed E-state index contributed by atoms with van der Waals surface area (Å²) in [5.74, 6) is -0.225. The van der Waals surface area contributed by atoms with Gasteiger partial charge in [0.2, 0.25) is 0 Å². The number of halogens is 3. The summed E-state index contributed by atoms with van der Waals surface area (Å²) < 4.78 is 17.2. The van der Waals surface area contributed by atoms with Crippen LogP contribution in [0.2, 0.25) is 0 Å². The zero-order valence-corrected chi connectivity index (χ0v) is 13.1. The van der Waals surface area contributed by atoms with Gasteiger partial charge in [-0.15, -0.1) is 0 Å². The smallest absolute Gasteiger partial charge is 0.137 e. The molecule has 3 aromatic rings.